The van der Waals surface area contributed by atoms with Gasteiger partial charge >= 0.3 is 0 Å². The molecule has 0 atom stereocenters. The highest BCUT2D eigenvalue weighted by Crippen LogP contribution is 2.42. The van der Waals surface area contributed by atoms with Crippen LogP contribution < -0.4 is 20.1 Å². The molecule has 6 N–H and O–H groups in total. The summed E-state index contributed by atoms with van der Waals surface area (Å²) in [6, 6.07) is 11.2. The third-order valence-corrected chi connectivity index (χ3v) is 6.95. The Labute approximate surface area is 231 Å². The predicted octanol–water partition coefficient (Wildman–Crippen LogP) is 3.32. The van der Waals surface area contributed by atoms with Gasteiger partial charge in [-0.15, -0.1) is 0 Å². The number of likely N-dealkylation sites (N-methyl/N-ethyl adjacent to an activating group) is 2. The summed E-state index contributed by atoms with van der Waals surface area (Å²) < 4.78 is 27.9. The molecule has 1 aromatic heterocycles. The summed E-state index contributed by atoms with van der Waals surface area (Å²) >= 11 is 0. The molecule has 0 fully saturated rings. The van der Waals surface area contributed by atoms with Crippen molar-refractivity contribution < 1.29 is 29.2 Å². The highest BCUT2D eigenvalue weighted by molar-refractivity contribution is 6.00. The number of aromatic nitrogens is 1. The molecule has 1 aliphatic rings. The number of benzene rings is 2. The van der Waals surface area contributed by atoms with Crippen molar-refractivity contribution in [3.63, 3.8) is 0 Å². The molecule has 0 saturated heterocycles. The van der Waals surface area contributed by atoms with E-state index in [1.54, 1.807) is 25.1 Å². The number of ether oxygens (including phenoxy) is 2. The van der Waals surface area contributed by atoms with E-state index in [2.05, 4.69) is 9.98 Å². The molecule has 0 saturated carbocycles. The third-order valence-electron chi connectivity index (χ3n) is 6.95. The third kappa shape index (κ3) is 5.49. The lowest BCUT2D eigenvalue weighted by atomic mass is 10.0. The number of hydrogen-bond acceptors (Lipinski definition) is 10. The van der Waals surface area contributed by atoms with E-state index in [4.69, 9.17) is 20.6 Å². The maximum atomic E-state index is 16.1. The van der Waals surface area contributed by atoms with Crippen LogP contribution in [0.15, 0.2) is 47.5 Å². The molecule has 12 heteroatoms. The van der Waals surface area contributed by atoms with Crippen molar-refractivity contribution in [3.05, 3.63) is 65.0 Å². The van der Waals surface area contributed by atoms with Gasteiger partial charge in [-0.25, -0.2) is 0 Å². The van der Waals surface area contributed by atoms with Gasteiger partial charge in [0, 0.05) is 37.3 Å². The summed E-state index contributed by atoms with van der Waals surface area (Å²) in [5.41, 5.74) is 5.52. The first-order chi connectivity index (χ1) is 18.8. The number of amidine groups is 2. The van der Waals surface area contributed by atoms with E-state index in [-0.39, 0.29) is 40.0 Å². The quantitative estimate of drug-likeness (QED) is 0.152. The average Bonchev–Trinajstić information content (AvgIpc) is 3.33. The Balaban J connectivity index is 1.83. The molecule has 0 radical (unpaired) electrons. The lowest BCUT2D eigenvalue weighted by molar-refractivity contribution is -0.0860. The largest absolute Gasteiger partial charge is 0.504 e. The molecule has 0 bridgehead atoms. The molecule has 0 unspecified atom stereocenters. The van der Waals surface area contributed by atoms with Crippen molar-refractivity contribution in [2.24, 2.45) is 10.7 Å². The first kappa shape index (κ1) is 28.6. The van der Waals surface area contributed by atoms with Crippen LogP contribution in [-0.4, -0.2) is 75.9 Å². The Hall–Kier alpha value is -4.42. The molecule has 212 valence electrons. The van der Waals surface area contributed by atoms with Crippen LogP contribution in [0.25, 0.3) is 0 Å². The van der Waals surface area contributed by atoms with Gasteiger partial charge in [-0.3, -0.25) is 10.4 Å². The number of nitrogens with zero attached hydrogens (tertiary/aromatic N) is 4. The molecule has 0 spiro atoms. The maximum absolute atomic E-state index is 16.1. The van der Waals surface area contributed by atoms with Crippen LogP contribution in [0.3, 0.4) is 0 Å². The van der Waals surface area contributed by atoms with Gasteiger partial charge in [0.25, 0.3) is 5.88 Å². The van der Waals surface area contributed by atoms with Crippen LogP contribution in [0.5, 0.6) is 29.0 Å². The van der Waals surface area contributed by atoms with Crippen molar-refractivity contribution >= 4 is 17.4 Å². The number of aliphatic hydroxyl groups is 2. The van der Waals surface area contributed by atoms with Gasteiger partial charge in [0.2, 0.25) is 11.7 Å². The number of aliphatic hydroxyl groups excluding tert-OH is 1. The summed E-state index contributed by atoms with van der Waals surface area (Å²) in [5.74, 6) is -1.05. The van der Waals surface area contributed by atoms with E-state index < -0.39 is 23.5 Å². The minimum Gasteiger partial charge on any atom is -0.504 e. The monoisotopic (exact) mass is 552 g/mol. The number of pyridine rings is 1. The Bertz CT molecular complexity index is 1480. The lowest BCUT2D eigenvalue weighted by Gasteiger charge is -2.39. The molecule has 0 amide bonds. The molecular formula is C28H33FN6O5. The summed E-state index contributed by atoms with van der Waals surface area (Å²) in [6.45, 7) is 6.15. The fourth-order valence-electron chi connectivity index (χ4n) is 4.14. The van der Waals surface area contributed by atoms with Gasteiger partial charge in [0.1, 0.15) is 17.4 Å². The van der Waals surface area contributed by atoms with E-state index in [0.29, 0.717) is 12.3 Å². The fourth-order valence-corrected chi connectivity index (χ4v) is 4.14. The fraction of sp³-hybridized carbons (Fsp3) is 0.321. The number of nitrogen functional groups attached to an aromatic ring is 1. The van der Waals surface area contributed by atoms with E-state index in [1.807, 2.05) is 18.0 Å². The van der Waals surface area contributed by atoms with Crippen molar-refractivity contribution in [1.29, 1.82) is 5.41 Å². The minimum absolute atomic E-state index is 0.0115. The van der Waals surface area contributed by atoms with Gasteiger partial charge in [0.05, 0.1) is 17.8 Å². The maximum Gasteiger partial charge on any atom is 0.261 e. The number of anilines is 1. The molecule has 1 aliphatic heterocycles. The average molecular weight is 553 g/mol. The number of phenols is 1. The lowest BCUT2D eigenvalue weighted by Crippen LogP contribution is -2.51. The summed E-state index contributed by atoms with van der Waals surface area (Å²) in [5, 5.41) is 38.0. The summed E-state index contributed by atoms with van der Waals surface area (Å²) in [4.78, 5) is 12.2. The number of hydrogen-bond donors (Lipinski definition) is 5. The number of aromatic hydroxyl groups is 1. The van der Waals surface area contributed by atoms with Crippen LogP contribution in [0.2, 0.25) is 0 Å². The first-order valence-electron chi connectivity index (χ1n) is 12.5. The number of nitrogens with one attached hydrogen (secondary N) is 1. The van der Waals surface area contributed by atoms with Gasteiger partial charge in [-0.1, -0.05) is 12.1 Å². The minimum atomic E-state index is -1.82. The molecule has 2 heterocycles. The van der Waals surface area contributed by atoms with E-state index in [0.717, 1.165) is 17.9 Å². The first-order valence-corrected chi connectivity index (χ1v) is 12.5. The van der Waals surface area contributed by atoms with Crippen LogP contribution in [0, 0.1) is 18.2 Å². The zero-order chi connectivity index (χ0) is 29.4. The number of aliphatic imine (C=N–C) groups is 1. The van der Waals surface area contributed by atoms with Gasteiger partial charge in [0.15, 0.2) is 17.8 Å². The number of halogens is 1. The summed E-state index contributed by atoms with van der Waals surface area (Å²) in [7, 11) is 3.45. The van der Waals surface area contributed by atoms with Gasteiger partial charge in [-0.2, -0.15) is 9.37 Å². The van der Waals surface area contributed by atoms with Crippen molar-refractivity contribution in [2.75, 3.05) is 32.1 Å². The van der Waals surface area contributed by atoms with E-state index >= 15 is 4.39 Å². The molecule has 0 aliphatic carbocycles. The van der Waals surface area contributed by atoms with Crippen molar-refractivity contribution in [3.8, 4) is 29.0 Å². The van der Waals surface area contributed by atoms with Crippen LogP contribution in [0.4, 0.5) is 10.1 Å². The van der Waals surface area contributed by atoms with Crippen LogP contribution in [0.1, 0.15) is 30.5 Å². The van der Waals surface area contributed by atoms with Crippen molar-refractivity contribution in [1.82, 2.24) is 9.88 Å². The Kier molecular flexibility index (Phi) is 7.85. The molecule has 3 aromatic rings. The standard InChI is InChI=1S/C28H33FN6O5/c1-15-22(35(5)28(2,3)27(37)38)21(29)26(40-20-14-16(23(30)31)9-10-19(20)36)33-25(15)39-18-8-6-7-17(13-18)24-32-11-12-34(24)4/h6-10,13-14,27,36-38H,11-12H2,1-5H3,(H3,30,31). The van der Waals surface area contributed by atoms with E-state index in [1.165, 1.54) is 44.0 Å². The second-order valence-corrected chi connectivity index (χ2v) is 10.1. The predicted molar refractivity (Wildman–Crippen MR) is 149 cm³/mol. The molecular weight excluding hydrogens is 519 g/mol. The van der Waals surface area contributed by atoms with E-state index in [9.17, 15) is 15.3 Å². The number of phenolic OH excluding ortho intramolecular Hbond substituents is 1. The zero-order valence-corrected chi connectivity index (χ0v) is 22.9. The second-order valence-electron chi connectivity index (χ2n) is 10.1. The normalized spacial score (nSPS) is 13.4. The number of nitrogens with two attached hydrogens (primary N) is 1. The molecule has 11 nitrogen and oxygen atoms in total. The Morgan fingerprint density at radius 2 is 1.90 bits per heavy atom. The highest BCUT2D eigenvalue weighted by Gasteiger charge is 2.36. The molecule has 40 heavy (non-hydrogen) atoms. The van der Waals surface area contributed by atoms with Crippen LogP contribution >= 0.6 is 0 Å². The Morgan fingerprint density at radius 3 is 2.52 bits per heavy atom. The number of rotatable bonds is 9. The topological polar surface area (TPSA) is 161 Å². The highest BCUT2D eigenvalue weighted by atomic mass is 19.1. The Morgan fingerprint density at radius 1 is 1.18 bits per heavy atom. The summed E-state index contributed by atoms with van der Waals surface area (Å²) in [6.07, 6.45) is -1.82. The zero-order valence-electron chi connectivity index (χ0n) is 22.9. The van der Waals surface area contributed by atoms with Gasteiger partial charge in [-0.05, 0) is 51.1 Å². The SMILES string of the molecule is Cc1c(Oc2cccc(C3=NCCN3C)c2)nc(Oc2cc(C(=N)N)ccc2O)c(F)c1N(C)C(C)(C)C(O)O. The van der Waals surface area contributed by atoms with Crippen LogP contribution in [-0.2, 0) is 0 Å². The second kappa shape index (κ2) is 11.0. The smallest absolute Gasteiger partial charge is 0.261 e. The van der Waals surface area contributed by atoms with Gasteiger partial charge < -0.3 is 40.3 Å². The van der Waals surface area contributed by atoms with Crippen molar-refractivity contribution in [2.45, 2.75) is 32.6 Å². The molecule has 4 rings (SSSR count). The molecule has 2 aromatic carbocycles.